The van der Waals surface area contributed by atoms with E-state index in [1.54, 1.807) is 6.92 Å². The van der Waals surface area contributed by atoms with Crippen LogP contribution in [0, 0.1) is 19.8 Å². The number of aromatic nitrogens is 1. The number of aryl methyl sites for hydroxylation is 2. The molecule has 1 saturated heterocycles. The van der Waals surface area contributed by atoms with Crippen LogP contribution >= 0.6 is 0 Å². The fraction of sp³-hybridized carbons (Fsp3) is 0.667. The molecule has 1 fully saturated rings. The van der Waals surface area contributed by atoms with Crippen LogP contribution in [0.5, 0.6) is 0 Å². The lowest BCUT2D eigenvalue weighted by molar-refractivity contribution is 0.0680. The van der Waals surface area contributed by atoms with Crippen LogP contribution in [-0.4, -0.2) is 29.1 Å². The number of nitrogens with zero attached hydrogens (tertiary/aromatic N) is 2. The monoisotopic (exact) mass is 222 g/mol. The highest BCUT2D eigenvalue weighted by Crippen LogP contribution is 2.20. The van der Waals surface area contributed by atoms with E-state index in [9.17, 15) is 4.79 Å². The van der Waals surface area contributed by atoms with E-state index >= 15 is 0 Å². The highest BCUT2D eigenvalue weighted by Gasteiger charge is 2.26. The maximum Gasteiger partial charge on any atom is 0.259 e. The Morgan fingerprint density at radius 1 is 1.50 bits per heavy atom. The molecule has 1 atom stereocenters. The third-order valence-electron chi connectivity index (χ3n) is 3.19. The van der Waals surface area contributed by atoms with E-state index in [0.29, 0.717) is 22.9 Å². The van der Waals surface area contributed by atoms with Crippen LogP contribution in [0.15, 0.2) is 4.52 Å². The molecule has 0 saturated carbocycles. The van der Waals surface area contributed by atoms with Gasteiger partial charge in [0.05, 0.1) is 5.69 Å². The van der Waals surface area contributed by atoms with Gasteiger partial charge in [-0.1, -0.05) is 12.1 Å². The van der Waals surface area contributed by atoms with Crippen molar-refractivity contribution in [2.24, 2.45) is 5.92 Å². The molecule has 16 heavy (non-hydrogen) atoms. The lowest BCUT2D eigenvalue weighted by Crippen LogP contribution is -2.39. The van der Waals surface area contributed by atoms with Crippen molar-refractivity contribution in [3.63, 3.8) is 0 Å². The summed E-state index contributed by atoms with van der Waals surface area (Å²) >= 11 is 0. The van der Waals surface area contributed by atoms with Crippen LogP contribution in [0.2, 0.25) is 0 Å². The number of likely N-dealkylation sites (tertiary alicyclic amines) is 1. The molecule has 0 aromatic carbocycles. The molecule has 1 amide bonds. The highest BCUT2D eigenvalue weighted by molar-refractivity contribution is 5.96. The van der Waals surface area contributed by atoms with Crippen molar-refractivity contribution in [2.45, 2.75) is 33.6 Å². The highest BCUT2D eigenvalue weighted by atomic mass is 16.5. The van der Waals surface area contributed by atoms with Crippen LogP contribution in [0.3, 0.4) is 0 Å². The first-order valence-electron chi connectivity index (χ1n) is 5.81. The maximum atomic E-state index is 12.3. The minimum Gasteiger partial charge on any atom is -0.361 e. The molecule has 0 radical (unpaired) electrons. The molecule has 2 heterocycles. The van der Waals surface area contributed by atoms with Gasteiger partial charge >= 0.3 is 0 Å². The summed E-state index contributed by atoms with van der Waals surface area (Å²) in [5, 5.41) is 3.83. The number of carbonyl (C=O) groups is 1. The van der Waals surface area contributed by atoms with Crippen LogP contribution in [-0.2, 0) is 0 Å². The molecule has 88 valence electrons. The smallest absolute Gasteiger partial charge is 0.259 e. The third-order valence-corrected chi connectivity index (χ3v) is 3.19. The fourth-order valence-electron chi connectivity index (χ4n) is 2.32. The molecule has 0 aliphatic carbocycles. The van der Waals surface area contributed by atoms with E-state index in [2.05, 4.69) is 12.1 Å². The predicted octanol–water partition coefficient (Wildman–Crippen LogP) is 2.16. The number of hydrogen-bond acceptors (Lipinski definition) is 3. The zero-order chi connectivity index (χ0) is 11.7. The summed E-state index contributed by atoms with van der Waals surface area (Å²) in [5.41, 5.74) is 1.34. The number of amides is 1. The van der Waals surface area contributed by atoms with Crippen molar-refractivity contribution in [3.8, 4) is 0 Å². The van der Waals surface area contributed by atoms with Crippen molar-refractivity contribution in [1.29, 1.82) is 0 Å². The largest absolute Gasteiger partial charge is 0.361 e. The van der Waals surface area contributed by atoms with Gasteiger partial charge in [0.2, 0.25) is 0 Å². The number of rotatable bonds is 1. The zero-order valence-electron chi connectivity index (χ0n) is 10.1. The summed E-state index contributed by atoms with van der Waals surface area (Å²) in [6.07, 6.45) is 2.31. The van der Waals surface area contributed by atoms with Gasteiger partial charge < -0.3 is 9.42 Å². The number of piperidine rings is 1. The van der Waals surface area contributed by atoms with Crippen molar-refractivity contribution in [3.05, 3.63) is 17.0 Å². The molecule has 1 aliphatic heterocycles. The van der Waals surface area contributed by atoms with E-state index in [1.165, 1.54) is 6.42 Å². The van der Waals surface area contributed by atoms with Crippen molar-refractivity contribution < 1.29 is 9.32 Å². The molecule has 1 aromatic rings. The quantitative estimate of drug-likeness (QED) is 0.731. The van der Waals surface area contributed by atoms with E-state index < -0.39 is 0 Å². The lowest BCUT2D eigenvalue weighted by atomic mass is 9.99. The minimum absolute atomic E-state index is 0.0720. The average Bonchev–Trinajstić information content (AvgIpc) is 2.58. The second-order valence-corrected chi connectivity index (χ2v) is 4.70. The molecule has 1 aliphatic rings. The van der Waals surface area contributed by atoms with Gasteiger partial charge in [-0.05, 0) is 32.6 Å². The van der Waals surface area contributed by atoms with Gasteiger partial charge in [0.1, 0.15) is 11.3 Å². The summed E-state index contributed by atoms with van der Waals surface area (Å²) in [6, 6.07) is 0. The lowest BCUT2D eigenvalue weighted by Gasteiger charge is -2.30. The molecular formula is C12H18N2O2. The summed E-state index contributed by atoms with van der Waals surface area (Å²) < 4.78 is 5.04. The van der Waals surface area contributed by atoms with Gasteiger partial charge in [-0.2, -0.15) is 0 Å². The van der Waals surface area contributed by atoms with Crippen molar-refractivity contribution in [2.75, 3.05) is 13.1 Å². The molecule has 4 nitrogen and oxygen atoms in total. The molecular weight excluding hydrogens is 204 g/mol. The normalized spacial score (nSPS) is 21.2. The Kier molecular flexibility index (Phi) is 2.99. The Labute approximate surface area is 95.6 Å². The first-order valence-corrected chi connectivity index (χ1v) is 5.81. The van der Waals surface area contributed by atoms with Gasteiger partial charge in [-0.15, -0.1) is 0 Å². The van der Waals surface area contributed by atoms with Gasteiger partial charge in [0, 0.05) is 13.1 Å². The van der Waals surface area contributed by atoms with Gasteiger partial charge in [0.25, 0.3) is 5.91 Å². The molecule has 1 aromatic heterocycles. The molecule has 0 spiro atoms. The van der Waals surface area contributed by atoms with E-state index in [0.717, 1.165) is 19.5 Å². The van der Waals surface area contributed by atoms with Gasteiger partial charge in [-0.3, -0.25) is 4.79 Å². The minimum atomic E-state index is 0.0720. The Balaban J connectivity index is 2.18. The fourth-order valence-corrected chi connectivity index (χ4v) is 2.32. The first kappa shape index (κ1) is 11.2. The second kappa shape index (κ2) is 4.28. The standard InChI is InChI=1S/C12H18N2O2/c1-8-5-4-6-14(7-8)12(15)11-9(2)13-16-10(11)3/h8H,4-7H2,1-3H3. The first-order chi connectivity index (χ1) is 7.59. The topological polar surface area (TPSA) is 46.3 Å². The predicted molar refractivity (Wildman–Crippen MR) is 60.3 cm³/mol. The number of hydrogen-bond donors (Lipinski definition) is 0. The van der Waals surface area contributed by atoms with Gasteiger partial charge in [0.15, 0.2) is 0 Å². The van der Waals surface area contributed by atoms with Crippen molar-refractivity contribution in [1.82, 2.24) is 10.1 Å². The van der Waals surface area contributed by atoms with Crippen LogP contribution in [0.25, 0.3) is 0 Å². The maximum absolute atomic E-state index is 12.3. The number of carbonyl (C=O) groups excluding carboxylic acids is 1. The van der Waals surface area contributed by atoms with E-state index in [4.69, 9.17) is 4.52 Å². The SMILES string of the molecule is Cc1noc(C)c1C(=O)N1CCCC(C)C1. The van der Waals surface area contributed by atoms with Crippen LogP contribution in [0.4, 0.5) is 0 Å². The molecule has 0 N–H and O–H groups in total. The van der Waals surface area contributed by atoms with Gasteiger partial charge in [-0.25, -0.2) is 0 Å². The third kappa shape index (κ3) is 1.96. The molecule has 4 heteroatoms. The summed E-state index contributed by atoms with van der Waals surface area (Å²) in [6.45, 7) is 7.50. The van der Waals surface area contributed by atoms with E-state index in [1.807, 2.05) is 11.8 Å². The second-order valence-electron chi connectivity index (χ2n) is 4.70. The summed E-state index contributed by atoms with van der Waals surface area (Å²) in [5.74, 6) is 1.29. The Hall–Kier alpha value is -1.32. The van der Waals surface area contributed by atoms with Crippen LogP contribution in [0.1, 0.15) is 41.6 Å². The molecule has 0 bridgehead atoms. The summed E-state index contributed by atoms with van der Waals surface area (Å²) in [7, 11) is 0. The zero-order valence-corrected chi connectivity index (χ0v) is 10.1. The van der Waals surface area contributed by atoms with Crippen LogP contribution < -0.4 is 0 Å². The Morgan fingerprint density at radius 2 is 2.25 bits per heavy atom. The Morgan fingerprint density at radius 3 is 2.81 bits per heavy atom. The van der Waals surface area contributed by atoms with E-state index in [-0.39, 0.29) is 5.91 Å². The molecule has 2 rings (SSSR count). The van der Waals surface area contributed by atoms with Crippen molar-refractivity contribution >= 4 is 5.91 Å². The Bertz CT molecular complexity index is 378. The molecule has 1 unspecified atom stereocenters. The average molecular weight is 222 g/mol. The summed E-state index contributed by atoms with van der Waals surface area (Å²) in [4.78, 5) is 14.2.